The first-order chi connectivity index (χ1) is 8.66. The molecule has 2 rings (SSSR count). The van der Waals surface area contributed by atoms with Gasteiger partial charge < -0.3 is 10.2 Å². The molecule has 1 aliphatic rings. The molecule has 0 aromatic carbocycles. The summed E-state index contributed by atoms with van der Waals surface area (Å²) in [6.45, 7) is 10.1. The second-order valence-corrected chi connectivity index (χ2v) is 5.74. The molecule has 0 aliphatic carbocycles. The molecular formula is C15H25N3. The molecule has 1 saturated heterocycles. The number of pyridine rings is 1. The van der Waals surface area contributed by atoms with Crippen molar-refractivity contribution in [1.82, 2.24) is 10.3 Å². The Morgan fingerprint density at radius 3 is 3.06 bits per heavy atom. The molecule has 0 radical (unpaired) electrons. The van der Waals surface area contributed by atoms with E-state index in [4.69, 9.17) is 0 Å². The van der Waals surface area contributed by atoms with Crippen molar-refractivity contribution < 1.29 is 0 Å². The SMILES string of the molecule is Cc1ccncc1N1CCCNC(CC(C)C)C1. The highest BCUT2D eigenvalue weighted by Crippen LogP contribution is 2.21. The molecule has 0 bridgehead atoms. The molecule has 1 aliphatic heterocycles. The molecule has 3 heteroatoms. The summed E-state index contributed by atoms with van der Waals surface area (Å²) in [5.41, 5.74) is 2.63. The Hall–Kier alpha value is -1.09. The molecule has 18 heavy (non-hydrogen) atoms. The highest BCUT2D eigenvalue weighted by Gasteiger charge is 2.19. The maximum absolute atomic E-state index is 4.28. The van der Waals surface area contributed by atoms with Gasteiger partial charge in [-0.3, -0.25) is 4.98 Å². The van der Waals surface area contributed by atoms with Crippen LogP contribution in [0.4, 0.5) is 5.69 Å². The maximum atomic E-state index is 4.28. The number of rotatable bonds is 3. The lowest BCUT2D eigenvalue weighted by Gasteiger charge is -2.28. The zero-order valence-electron chi connectivity index (χ0n) is 11.8. The Morgan fingerprint density at radius 1 is 1.50 bits per heavy atom. The number of hydrogen-bond acceptors (Lipinski definition) is 3. The number of nitrogens with one attached hydrogen (secondary N) is 1. The monoisotopic (exact) mass is 247 g/mol. The molecule has 1 N–H and O–H groups in total. The molecule has 0 amide bonds. The van der Waals surface area contributed by atoms with Gasteiger partial charge in [-0.15, -0.1) is 0 Å². The van der Waals surface area contributed by atoms with Crippen LogP contribution in [0.15, 0.2) is 18.5 Å². The molecule has 1 aromatic heterocycles. The fourth-order valence-corrected chi connectivity index (χ4v) is 2.73. The number of anilines is 1. The van der Waals surface area contributed by atoms with Crippen LogP contribution in [0.2, 0.25) is 0 Å². The van der Waals surface area contributed by atoms with Crippen molar-refractivity contribution >= 4 is 5.69 Å². The van der Waals surface area contributed by atoms with Crippen molar-refractivity contribution in [2.45, 2.75) is 39.7 Å². The van der Waals surface area contributed by atoms with Crippen LogP contribution in [0.25, 0.3) is 0 Å². The molecule has 1 atom stereocenters. The van der Waals surface area contributed by atoms with Crippen molar-refractivity contribution in [2.75, 3.05) is 24.5 Å². The van der Waals surface area contributed by atoms with E-state index in [1.165, 1.54) is 24.1 Å². The summed E-state index contributed by atoms with van der Waals surface area (Å²) < 4.78 is 0. The first-order valence-corrected chi connectivity index (χ1v) is 7.05. The Morgan fingerprint density at radius 2 is 2.33 bits per heavy atom. The van der Waals surface area contributed by atoms with E-state index in [0.29, 0.717) is 6.04 Å². The number of aromatic nitrogens is 1. The minimum absolute atomic E-state index is 0.604. The van der Waals surface area contributed by atoms with E-state index < -0.39 is 0 Å². The zero-order valence-corrected chi connectivity index (χ0v) is 11.8. The highest BCUT2D eigenvalue weighted by molar-refractivity contribution is 5.51. The third kappa shape index (κ3) is 3.45. The molecule has 2 heterocycles. The second kappa shape index (κ2) is 6.19. The third-order valence-corrected chi connectivity index (χ3v) is 3.59. The van der Waals surface area contributed by atoms with Crippen molar-refractivity contribution in [3.05, 3.63) is 24.0 Å². The number of hydrogen-bond donors (Lipinski definition) is 1. The normalized spacial score (nSPS) is 21.1. The lowest BCUT2D eigenvalue weighted by atomic mass is 10.0. The van der Waals surface area contributed by atoms with Crippen LogP contribution in [0.1, 0.15) is 32.3 Å². The average molecular weight is 247 g/mol. The molecule has 0 saturated carbocycles. The molecule has 3 nitrogen and oxygen atoms in total. The van der Waals surface area contributed by atoms with E-state index in [9.17, 15) is 0 Å². The van der Waals surface area contributed by atoms with E-state index in [0.717, 1.165) is 25.6 Å². The van der Waals surface area contributed by atoms with Crippen LogP contribution in [0.3, 0.4) is 0 Å². The minimum Gasteiger partial charge on any atom is -0.368 e. The van der Waals surface area contributed by atoms with E-state index in [2.05, 4.69) is 42.0 Å². The Labute approximate surface area is 111 Å². The summed E-state index contributed by atoms with van der Waals surface area (Å²) in [7, 11) is 0. The second-order valence-electron chi connectivity index (χ2n) is 5.74. The molecule has 1 aromatic rings. The molecular weight excluding hydrogens is 222 g/mol. The fourth-order valence-electron chi connectivity index (χ4n) is 2.73. The van der Waals surface area contributed by atoms with Gasteiger partial charge >= 0.3 is 0 Å². The number of nitrogens with zero attached hydrogens (tertiary/aromatic N) is 2. The Bertz CT molecular complexity index is 376. The summed E-state index contributed by atoms with van der Waals surface area (Å²) in [5.74, 6) is 0.748. The third-order valence-electron chi connectivity index (χ3n) is 3.59. The zero-order chi connectivity index (χ0) is 13.0. The summed E-state index contributed by atoms with van der Waals surface area (Å²) in [6.07, 6.45) is 6.34. The summed E-state index contributed by atoms with van der Waals surface area (Å²) in [6, 6.07) is 2.71. The summed E-state index contributed by atoms with van der Waals surface area (Å²) >= 11 is 0. The van der Waals surface area contributed by atoms with E-state index in [1.54, 1.807) is 0 Å². The predicted octanol–water partition coefficient (Wildman–Crippen LogP) is 2.60. The van der Waals surface area contributed by atoms with Gasteiger partial charge in [0.05, 0.1) is 11.9 Å². The standard InChI is InChI=1S/C15H25N3/c1-12(2)9-14-11-18(8-4-6-17-14)15-10-16-7-5-13(15)3/h5,7,10,12,14,17H,4,6,8-9,11H2,1-3H3. The highest BCUT2D eigenvalue weighted by atomic mass is 15.2. The summed E-state index contributed by atoms with van der Waals surface area (Å²) in [4.78, 5) is 6.77. The Kier molecular flexibility index (Phi) is 4.59. The van der Waals surface area contributed by atoms with Gasteiger partial charge in [-0.25, -0.2) is 0 Å². The van der Waals surface area contributed by atoms with Crippen LogP contribution in [-0.2, 0) is 0 Å². The molecule has 0 spiro atoms. The largest absolute Gasteiger partial charge is 0.368 e. The van der Waals surface area contributed by atoms with Gasteiger partial charge in [0.25, 0.3) is 0 Å². The summed E-state index contributed by atoms with van der Waals surface area (Å²) in [5, 5.41) is 3.67. The maximum Gasteiger partial charge on any atom is 0.0582 e. The molecule has 100 valence electrons. The predicted molar refractivity (Wildman–Crippen MR) is 77.0 cm³/mol. The van der Waals surface area contributed by atoms with E-state index >= 15 is 0 Å². The van der Waals surface area contributed by atoms with Crippen LogP contribution in [-0.4, -0.2) is 30.7 Å². The minimum atomic E-state index is 0.604. The van der Waals surface area contributed by atoms with Crippen LogP contribution in [0.5, 0.6) is 0 Å². The van der Waals surface area contributed by atoms with Gasteiger partial charge in [0.15, 0.2) is 0 Å². The van der Waals surface area contributed by atoms with Crippen molar-refractivity contribution in [2.24, 2.45) is 5.92 Å². The fraction of sp³-hybridized carbons (Fsp3) is 0.667. The van der Waals surface area contributed by atoms with Crippen molar-refractivity contribution in [3.63, 3.8) is 0 Å². The molecule has 1 fully saturated rings. The van der Waals surface area contributed by atoms with Gasteiger partial charge in [-0.2, -0.15) is 0 Å². The van der Waals surface area contributed by atoms with Gasteiger partial charge in [-0.1, -0.05) is 13.8 Å². The van der Waals surface area contributed by atoms with Crippen molar-refractivity contribution in [1.29, 1.82) is 0 Å². The van der Waals surface area contributed by atoms with Gasteiger partial charge in [0, 0.05) is 25.3 Å². The van der Waals surface area contributed by atoms with Gasteiger partial charge in [0.1, 0.15) is 0 Å². The topological polar surface area (TPSA) is 28.2 Å². The quantitative estimate of drug-likeness (QED) is 0.890. The Balaban J connectivity index is 2.09. The first-order valence-electron chi connectivity index (χ1n) is 7.05. The number of aryl methyl sites for hydroxylation is 1. The van der Waals surface area contributed by atoms with E-state index in [1.807, 2.05) is 12.4 Å². The van der Waals surface area contributed by atoms with Gasteiger partial charge in [0.2, 0.25) is 0 Å². The lowest BCUT2D eigenvalue weighted by molar-refractivity contribution is 0.436. The van der Waals surface area contributed by atoms with Crippen LogP contribution < -0.4 is 10.2 Å². The lowest BCUT2D eigenvalue weighted by Crippen LogP contribution is -2.38. The van der Waals surface area contributed by atoms with Gasteiger partial charge in [-0.05, 0) is 43.9 Å². The average Bonchev–Trinajstić information content (AvgIpc) is 2.54. The van der Waals surface area contributed by atoms with E-state index in [-0.39, 0.29) is 0 Å². The first kappa shape index (κ1) is 13.3. The smallest absolute Gasteiger partial charge is 0.0582 e. The van der Waals surface area contributed by atoms with Crippen LogP contribution >= 0.6 is 0 Å². The van der Waals surface area contributed by atoms with Crippen molar-refractivity contribution in [3.8, 4) is 0 Å². The van der Waals surface area contributed by atoms with Crippen LogP contribution in [0, 0.1) is 12.8 Å². The molecule has 1 unspecified atom stereocenters.